The lowest BCUT2D eigenvalue weighted by molar-refractivity contribution is -0.169. The summed E-state index contributed by atoms with van der Waals surface area (Å²) in [4.78, 5) is 29.7. The van der Waals surface area contributed by atoms with Crippen molar-refractivity contribution in [1.29, 1.82) is 0 Å². The number of nitrogens with zero attached hydrogens (tertiary/aromatic N) is 2. The largest absolute Gasteiger partial charge is 0.361 e. The van der Waals surface area contributed by atoms with Gasteiger partial charge in [0.1, 0.15) is 0 Å². The van der Waals surface area contributed by atoms with Crippen LogP contribution in [0.3, 0.4) is 0 Å². The van der Waals surface area contributed by atoms with Gasteiger partial charge in [0, 0.05) is 29.7 Å². The molecule has 136 valence electrons. The second-order valence-electron chi connectivity index (χ2n) is 7.13. The number of rotatable bonds is 2. The van der Waals surface area contributed by atoms with Gasteiger partial charge >= 0.3 is 0 Å². The summed E-state index contributed by atoms with van der Waals surface area (Å²) in [7, 11) is 0. The number of hydrogen-bond acceptors (Lipinski definition) is 3. The summed E-state index contributed by atoms with van der Waals surface area (Å²) >= 11 is 6.01. The van der Waals surface area contributed by atoms with Crippen molar-refractivity contribution >= 4 is 23.4 Å². The van der Waals surface area contributed by atoms with E-state index in [-0.39, 0.29) is 17.9 Å². The minimum absolute atomic E-state index is 0.0172. The third-order valence-corrected chi connectivity index (χ3v) is 5.28. The zero-order valence-corrected chi connectivity index (χ0v) is 15.6. The van der Waals surface area contributed by atoms with Crippen LogP contribution in [0.5, 0.6) is 0 Å². The summed E-state index contributed by atoms with van der Waals surface area (Å²) in [5.41, 5.74) is -0.362. The Bertz CT molecular complexity index is 664. The smallest absolute Gasteiger partial charge is 0.256 e. The van der Waals surface area contributed by atoms with Gasteiger partial charge < -0.3 is 14.5 Å². The Morgan fingerprint density at radius 2 is 2.08 bits per heavy atom. The van der Waals surface area contributed by atoms with E-state index in [1.54, 1.807) is 29.2 Å². The number of hydrogen-bond donors (Lipinski definition) is 0. The topological polar surface area (TPSA) is 49.9 Å². The standard InChI is InChI=1S/C19H25ClN2O3/c1-14(2)22-9-4-3-8-19(18(22)24)13-21(10-11-25-19)17(23)15-6-5-7-16(20)12-15/h5-7,12,14H,3-4,8-11,13H2,1-2H3. The van der Waals surface area contributed by atoms with Crippen molar-refractivity contribution in [2.24, 2.45) is 0 Å². The Morgan fingerprint density at radius 1 is 1.28 bits per heavy atom. The lowest BCUT2D eigenvalue weighted by Gasteiger charge is -2.43. The van der Waals surface area contributed by atoms with E-state index in [4.69, 9.17) is 16.3 Å². The van der Waals surface area contributed by atoms with Crippen molar-refractivity contribution in [2.45, 2.75) is 44.8 Å². The van der Waals surface area contributed by atoms with Gasteiger partial charge in [0.25, 0.3) is 11.8 Å². The summed E-state index contributed by atoms with van der Waals surface area (Å²) in [6.45, 7) is 5.97. The minimum Gasteiger partial charge on any atom is -0.361 e. The number of benzene rings is 1. The molecule has 6 heteroatoms. The van der Waals surface area contributed by atoms with Crippen LogP contribution >= 0.6 is 11.6 Å². The number of ether oxygens (including phenoxy) is 1. The van der Waals surface area contributed by atoms with Crippen LogP contribution in [-0.2, 0) is 9.53 Å². The van der Waals surface area contributed by atoms with Crippen molar-refractivity contribution < 1.29 is 14.3 Å². The van der Waals surface area contributed by atoms with Gasteiger partial charge in [-0.1, -0.05) is 17.7 Å². The molecule has 2 fully saturated rings. The zero-order chi connectivity index (χ0) is 18.0. The highest BCUT2D eigenvalue weighted by atomic mass is 35.5. The molecule has 0 bridgehead atoms. The number of likely N-dealkylation sites (tertiary alicyclic amines) is 1. The Kier molecular flexibility index (Phi) is 5.35. The normalized spacial score (nSPS) is 24.7. The fourth-order valence-electron chi connectivity index (χ4n) is 3.70. The van der Waals surface area contributed by atoms with E-state index < -0.39 is 5.60 Å². The van der Waals surface area contributed by atoms with Crippen LogP contribution in [-0.4, -0.2) is 59.5 Å². The molecule has 1 atom stereocenters. The van der Waals surface area contributed by atoms with Crippen LogP contribution in [0.25, 0.3) is 0 Å². The van der Waals surface area contributed by atoms with Gasteiger partial charge in [-0.05, 0) is 51.3 Å². The molecule has 0 aromatic heterocycles. The fourth-order valence-corrected chi connectivity index (χ4v) is 3.89. The maximum atomic E-state index is 13.2. The second-order valence-corrected chi connectivity index (χ2v) is 7.57. The Labute approximate surface area is 153 Å². The zero-order valence-electron chi connectivity index (χ0n) is 14.8. The van der Waals surface area contributed by atoms with Crippen LogP contribution in [0, 0.1) is 0 Å². The molecule has 2 aliphatic rings. The van der Waals surface area contributed by atoms with Crippen LogP contribution in [0.1, 0.15) is 43.5 Å². The van der Waals surface area contributed by atoms with Crippen molar-refractivity contribution in [3.63, 3.8) is 0 Å². The molecule has 2 amide bonds. The maximum absolute atomic E-state index is 13.2. The van der Waals surface area contributed by atoms with Gasteiger partial charge in [-0.25, -0.2) is 0 Å². The number of morpholine rings is 1. The Hall–Kier alpha value is -1.59. The van der Waals surface area contributed by atoms with Crippen LogP contribution in [0.15, 0.2) is 24.3 Å². The Morgan fingerprint density at radius 3 is 2.80 bits per heavy atom. The van der Waals surface area contributed by atoms with Crippen LogP contribution < -0.4 is 0 Å². The highest BCUT2D eigenvalue weighted by molar-refractivity contribution is 6.30. The molecule has 0 aliphatic carbocycles. The average molecular weight is 365 g/mol. The van der Waals surface area contributed by atoms with Gasteiger partial charge in [-0.15, -0.1) is 0 Å². The second kappa shape index (κ2) is 7.34. The van der Waals surface area contributed by atoms with Crippen molar-refractivity contribution in [3.8, 4) is 0 Å². The minimum atomic E-state index is -0.909. The van der Waals surface area contributed by atoms with E-state index in [0.717, 1.165) is 19.4 Å². The lowest BCUT2D eigenvalue weighted by Crippen LogP contribution is -2.61. The first-order chi connectivity index (χ1) is 11.9. The van der Waals surface area contributed by atoms with Gasteiger partial charge in [-0.2, -0.15) is 0 Å². The van der Waals surface area contributed by atoms with Gasteiger partial charge in [0.05, 0.1) is 13.2 Å². The molecule has 1 aromatic carbocycles. The predicted octanol–water partition coefficient (Wildman–Crippen LogP) is 2.97. The highest BCUT2D eigenvalue weighted by Gasteiger charge is 2.48. The van der Waals surface area contributed by atoms with Gasteiger partial charge in [0.2, 0.25) is 0 Å². The summed E-state index contributed by atoms with van der Waals surface area (Å²) in [6.07, 6.45) is 2.56. The molecule has 0 radical (unpaired) electrons. The van der Waals surface area contributed by atoms with E-state index >= 15 is 0 Å². The van der Waals surface area contributed by atoms with E-state index in [2.05, 4.69) is 0 Å². The summed E-state index contributed by atoms with van der Waals surface area (Å²) < 4.78 is 6.01. The summed E-state index contributed by atoms with van der Waals surface area (Å²) in [5, 5.41) is 0.533. The predicted molar refractivity (Wildman–Crippen MR) is 96.7 cm³/mol. The summed E-state index contributed by atoms with van der Waals surface area (Å²) in [5.74, 6) is -0.0816. The molecule has 3 rings (SSSR count). The van der Waals surface area contributed by atoms with Gasteiger partial charge in [0.15, 0.2) is 5.60 Å². The monoisotopic (exact) mass is 364 g/mol. The first kappa shape index (κ1) is 18.2. The molecule has 0 saturated carbocycles. The summed E-state index contributed by atoms with van der Waals surface area (Å²) in [6, 6.07) is 7.06. The van der Waals surface area contributed by atoms with Crippen LogP contribution in [0.4, 0.5) is 0 Å². The third-order valence-electron chi connectivity index (χ3n) is 5.05. The quantitative estimate of drug-likeness (QED) is 0.810. The third kappa shape index (κ3) is 3.67. The molecular formula is C19H25ClN2O3. The van der Waals surface area contributed by atoms with Crippen molar-refractivity contribution in [1.82, 2.24) is 9.80 Å². The number of amides is 2. The first-order valence-corrected chi connectivity index (χ1v) is 9.31. The molecule has 1 unspecified atom stereocenters. The number of carbonyl (C=O) groups is 2. The molecule has 0 N–H and O–H groups in total. The first-order valence-electron chi connectivity index (χ1n) is 8.93. The molecule has 2 aliphatic heterocycles. The molecule has 25 heavy (non-hydrogen) atoms. The van der Waals surface area contributed by atoms with E-state index in [1.165, 1.54) is 0 Å². The van der Waals surface area contributed by atoms with Crippen molar-refractivity contribution in [2.75, 3.05) is 26.2 Å². The molecule has 1 spiro atoms. The van der Waals surface area contributed by atoms with Crippen LogP contribution in [0.2, 0.25) is 5.02 Å². The average Bonchev–Trinajstić information content (AvgIpc) is 2.74. The molecule has 2 saturated heterocycles. The molecular weight excluding hydrogens is 340 g/mol. The molecule has 5 nitrogen and oxygen atoms in total. The number of carbonyl (C=O) groups excluding carboxylic acids is 2. The molecule has 1 aromatic rings. The van der Waals surface area contributed by atoms with Gasteiger partial charge in [-0.3, -0.25) is 9.59 Å². The Balaban J connectivity index is 1.84. The maximum Gasteiger partial charge on any atom is 0.256 e. The highest BCUT2D eigenvalue weighted by Crippen LogP contribution is 2.31. The van der Waals surface area contributed by atoms with E-state index in [0.29, 0.717) is 36.7 Å². The fraction of sp³-hybridized carbons (Fsp3) is 0.579. The SMILES string of the molecule is CC(C)N1CCCCC2(CN(C(=O)c3cccc(Cl)c3)CCO2)C1=O. The van der Waals surface area contributed by atoms with E-state index in [9.17, 15) is 9.59 Å². The number of halogens is 1. The van der Waals surface area contributed by atoms with Crippen molar-refractivity contribution in [3.05, 3.63) is 34.9 Å². The molecule has 2 heterocycles. The lowest BCUT2D eigenvalue weighted by atomic mass is 9.93. The van der Waals surface area contributed by atoms with E-state index in [1.807, 2.05) is 18.7 Å².